The van der Waals surface area contributed by atoms with Crippen molar-refractivity contribution in [3.63, 3.8) is 0 Å². The van der Waals surface area contributed by atoms with E-state index >= 15 is 0 Å². The molecule has 94 valence electrons. The van der Waals surface area contributed by atoms with Crippen LogP contribution in [0, 0.1) is 11.6 Å². The fourth-order valence-electron chi connectivity index (χ4n) is 2.37. The Morgan fingerprint density at radius 3 is 2.72 bits per heavy atom. The molecule has 2 unspecified atom stereocenters. The van der Waals surface area contributed by atoms with E-state index in [2.05, 4.69) is 0 Å². The second-order valence-electron chi connectivity index (χ2n) is 4.40. The second kappa shape index (κ2) is 3.76. The number of carbonyl (C=O) groups is 2. The first kappa shape index (κ1) is 11.1. The number of ether oxygens (including phenoxy) is 1. The van der Waals surface area contributed by atoms with Crippen molar-refractivity contribution >= 4 is 11.9 Å². The Morgan fingerprint density at radius 1 is 1.33 bits per heavy atom. The third-order valence-electron chi connectivity index (χ3n) is 3.25. The van der Waals surface area contributed by atoms with Crippen LogP contribution in [0.3, 0.4) is 0 Å². The summed E-state index contributed by atoms with van der Waals surface area (Å²) >= 11 is 0. The number of fused-ring (bicyclic) bond motifs is 2. The Hall–Kier alpha value is -1.98. The average molecular weight is 253 g/mol. The van der Waals surface area contributed by atoms with Crippen LogP contribution in [0.1, 0.15) is 16.8 Å². The Bertz CT molecular complexity index is 546. The Balaban J connectivity index is 1.87. The quantitative estimate of drug-likeness (QED) is 0.704. The van der Waals surface area contributed by atoms with Gasteiger partial charge in [0.2, 0.25) is 0 Å². The summed E-state index contributed by atoms with van der Waals surface area (Å²) in [6.07, 6.45) is 0.214. The smallest absolute Gasteiger partial charge is 0.329 e. The van der Waals surface area contributed by atoms with Crippen LogP contribution >= 0.6 is 0 Å². The SMILES string of the molecule is O=C1OC2CC1N(C(=O)c1ccc(F)c(F)c1)C2. The van der Waals surface area contributed by atoms with Gasteiger partial charge in [-0.1, -0.05) is 0 Å². The van der Waals surface area contributed by atoms with Crippen LogP contribution in [0.25, 0.3) is 0 Å². The third kappa shape index (κ3) is 1.56. The molecule has 18 heavy (non-hydrogen) atoms. The topological polar surface area (TPSA) is 46.6 Å². The lowest BCUT2D eigenvalue weighted by molar-refractivity contribution is -0.149. The van der Waals surface area contributed by atoms with Crippen molar-refractivity contribution in [3.8, 4) is 0 Å². The molecule has 2 fully saturated rings. The number of carbonyl (C=O) groups excluding carboxylic acids is 2. The number of benzene rings is 1. The molecule has 2 heterocycles. The van der Waals surface area contributed by atoms with Crippen LogP contribution in [0.4, 0.5) is 8.78 Å². The van der Waals surface area contributed by atoms with Gasteiger partial charge in [0.15, 0.2) is 11.6 Å². The second-order valence-corrected chi connectivity index (χ2v) is 4.40. The predicted molar refractivity (Wildman–Crippen MR) is 55.7 cm³/mol. The number of amides is 1. The van der Waals surface area contributed by atoms with E-state index in [4.69, 9.17) is 4.74 Å². The molecule has 2 saturated heterocycles. The van der Waals surface area contributed by atoms with Gasteiger partial charge in [-0.15, -0.1) is 0 Å². The van der Waals surface area contributed by atoms with Crippen molar-refractivity contribution < 1.29 is 23.1 Å². The fraction of sp³-hybridized carbons (Fsp3) is 0.333. The molecule has 0 N–H and O–H groups in total. The zero-order valence-corrected chi connectivity index (χ0v) is 9.23. The molecule has 0 radical (unpaired) electrons. The van der Waals surface area contributed by atoms with Crippen LogP contribution in [0.5, 0.6) is 0 Å². The molecule has 4 nitrogen and oxygen atoms in total. The molecular weight excluding hydrogens is 244 g/mol. The number of hydrogen-bond donors (Lipinski definition) is 0. The number of likely N-dealkylation sites (tertiary alicyclic amines) is 1. The largest absolute Gasteiger partial charge is 0.459 e. The molecule has 3 rings (SSSR count). The summed E-state index contributed by atoms with van der Waals surface area (Å²) < 4.78 is 30.8. The molecule has 0 aromatic heterocycles. The standard InChI is InChI=1S/C12H9F2NO3/c13-8-2-1-6(3-9(8)14)11(16)15-5-7-4-10(15)12(17)18-7/h1-3,7,10H,4-5H2. The molecule has 0 spiro atoms. The summed E-state index contributed by atoms with van der Waals surface area (Å²) in [5, 5.41) is 0. The summed E-state index contributed by atoms with van der Waals surface area (Å²) in [7, 11) is 0. The monoisotopic (exact) mass is 253 g/mol. The number of rotatable bonds is 1. The predicted octanol–water partition coefficient (Wildman–Crippen LogP) is 1.10. The minimum Gasteiger partial charge on any atom is -0.459 e. The number of halogens is 2. The van der Waals surface area contributed by atoms with Crippen LogP contribution in [-0.2, 0) is 9.53 Å². The minimum atomic E-state index is -1.08. The van der Waals surface area contributed by atoms with Crippen LogP contribution in [-0.4, -0.2) is 35.5 Å². The lowest BCUT2D eigenvalue weighted by atomic mass is 10.1. The number of esters is 1. The first-order valence-corrected chi connectivity index (χ1v) is 5.53. The molecule has 1 aromatic carbocycles. The normalized spacial score (nSPS) is 25.4. The molecule has 0 aliphatic carbocycles. The lowest BCUT2D eigenvalue weighted by Crippen LogP contribution is -2.44. The van der Waals surface area contributed by atoms with E-state index in [9.17, 15) is 18.4 Å². The zero-order chi connectivity index (χ0) is 12.9. The van der Waals surface area contributed by atoms with Crippen molar-refractivity contribution in [2.45, 2.75) is 18.6 Å². The summed E-state index contributed by atoms with van der Waals surface area (Å²) in [6, 6.07) is 2.36. The maximum atomic E-state index is 13.1. The zero-order valence-electron chi connectivity index (χ0n) is 9.23. The van der Waals surface area contributed by atoms with E-state index in [1.807, 2.05) is 0 Å². The van der Waals surface area contributed by atoms with E-state index in [1.165, 1.54) is 11.0 Å². The van der Waals surface area contributed by atoms with E-state index < -0.39 is 29.6 Å². The lowest BCUT2D eigenvalue weighted by Gasteiger charge is -2.25. The first-order chi connectivity index (χ1) is 8.56. The number of hydrogen-bond acceptors (Lipinski definition) is 3. The molecule has 2 aliphatic rings. The fourth-order valence-corrected chi connectivity index (χ4v) is 2.37. The molecule has 2 atom stereocenters. The highest BCUT2D eigenvalue weighted by atomic mass is 19.2. The molecule has 0 saturated carbocycles. The Kier molecular flexibility index (Phi) is 2.33. The van der Waals surface area contributed by atoms with Crippen molar-refractivity contribution in [3.05, 3.63) is 35.4 Å². The van der Waals surface area contributed by atoms with Crippen LogP contribution in [0.2, 0.25) is 0 Å². The first-order valence-electron chi connectivity index (χ1n) is 5.53. The molecular formula is C12H9F2NO3. The van der Waals surface area contributed by atoms with E-state index in [0.717, 1.165) is 12.1 Å². The number of nitrogens with zero attached hydrogens (tertiary/aromatic N) is 1. The summed E-state index contributed by atoms with van der Waals surface area (Å²) in [6.45, 7) is 0.314. The highest BCUT2D eigenvalue weighted by Crippen LogP contribution is 2.30. The van der Waals surface area contributed by atoms with Gasteiger partial charge in [-0.05, 0) is 18.2 Å². The molecule has 1 aromatic rings. The van der Waals surface area contributed by atoms with Gasteiger partial charge in [-0.3, -0.25) is 4.79 Å². The van der Waals surface area contributed by atoms with Crippen LogP contribution in [0.15, 0.2) is 18.2 Å². The maximum Gasteiger partial charge on any atom is 0.329 e. The molecule has 2 bridgehead atoms. The summed E-state index contributed by atoms with van der Waals surface area (Å²) in [5.41, 5.74) is 0.0363. The van der Waals surface area contributed by atoms with Gasteiger partial charge < -0.3 is 9.64 Å². The summed E-state index contributed by atoms with van der Waals surface area (Å²) in [4.78, 5) is 24.8. The van der Waals surface area contributed by atoms with E-state index in [0.29, 0.717) is 13.0 Å². The van der Waals surface area contributed by atoms with Gasteiger partial charge in [-0.25, -0.2) is 13.6 Å². The Labute approximate surface area is 101 Å². The van der Waals surface area contributed by atoms with E-state index in [1.54, 1.807) is 0 Å². The third-order valence-corrected chi connectivity index (χ3v) is 3.25. The average Bonchev–Trinajstić information content (AvgIpc) is 2.90. The van der Waals surface area contributed by atoms with Crippen molar-refractivity contribution in [1.29, 1.82) is 0 Å². The number of morpholine rings is 1. The van der Waals surface area contributed by atoms with Gasteiger partial charge in [0.25, 0.3) is 5.91 Å². The Morgan fingerprint density at radius 2 is 2.11 bits per heavy atom. The molecule has 1 amide bonds. The van der Waals surface area contributed by atoms with Gasteiger partial charge in [-0.2, -0.15) is 0 Å². The van der Waals surface area contributed by atoms with E-state index in [-0.39, 0.29) is 11.7 Å². The summed E-state index contributed by atoms with van der Waals surface area (Å²) in [5.74, 6) is -2.98. The van der Waals surface area contributed by atoms with Crippen LogP contribution < -0.4 is 0 Å². The highest BCUT2D eigenvalue weighted by Gasteiger charge is 2.48. The molecule has 6 heteroatoms. The maximum absolute atomic E-state index is 13.1. The minimum absolute atomic E-state index is 0.0363. The van der Waals surface area contributed by atoms with Crippen molar-refractivity contribution in [2.75, 3.05) is 6.54 Å². The van der Waals surface area contributed by atoms with Crippen molar-refractivity contribution in [2.24, 2.45) is 0 Å². The molecule has 2 aliphatic heterocycles. The van der Waals surface area contributed by atoms with Gasteiger partial charge >= 0.3 is 5.97 Å². The van der Waals surface area contributed by atoms with Crippen molar-refractivity contribution in [1.82, 2.24) is 4.90 Å². The highest BCUT2D eigenvalue weighted by molar-refractivity contribution is 5.98. The van der Waals surface area contributed by atoms with Gasteiger partial charge in [0.05, 0.1) is 6.54 Å². The van der Waals surface area contributed by atoms with Gasteiger partial charge in [0, 0.05) is 12.0 Å². The van der Waals surface area contributed by atoms with Gasteiger partial charge in [0.1, 0.15) is 12.1 Å².